The Morgan fingerprint density at radius 3 is 1.27 bits per heavy atom. The molecule has 4 rings (SSSR count). The molecule has 30 heavy (non-hydrogen) atoms. The summed E-state index contributed by atoms with van der Waals surface area (Å²) in [5.74, 6) is 0. The van der Waals surface area contributed by atoms with E-state index in [0.717, 1.165) is 0 Å². The maximum Gasteiger partial charge on any atom is 0.118 e. The first-order chi connectivity index (χ1) is 13.4. The fourth-order valence-electron chi connectivity index (χ4n) is 5.33. The van der Waals surface area contributed by atoms with Crippen LogP contribution in [0.15, 0.2) is 35.4 Å². The van der Waals surface area contributed by atoms with Gasteiger partial charge in [-0.3, -0.25) is 0 Å². The molecule has 0 spiro atoms. The molecule has 2 aromatic rings. The number of halogens is 2. The second kappa shape index (κ2) is 7.78. The quantitative estimate of drug-likeness (QED) is 0.301. The molecule has 2 radical (unpaired) electrons. The Labute approximate surface area is 208 Å². The zero-order valence-electron chi connectivity index (χ0n) is 19.1. The number of fused-ring (bicyclic) bond motifs is 2. The third-order valence-corrected chi connectivity index (χ3v) is 10.5. The van der Waals surface area contributed by atoms with Gasteiger partial charge in [0.15, 0.2) is 0 Å². The minimum absolute atomic E-state index is 0. The van der Waals surface area contributed by atoms with Gasteiger partial charge in [0.25, 0.3) is 0 Å². The number of rotatable bonds is 2. The van der Waals surface area contributed by atoms with E-state index >= 15 is 0 Å². The fourth-order valence-corrected chi connectivity index (χ4v) is 8.79. The first kappa shape index (κ1) is 24.1. The summed E-state index contributed by atoms with van der Waals surface area (Å²) in [7, 11) is 0.313. The Kier molecular flexibility index (Phi) is 6.25. The molecule has 0 N–H and O–H groups in total. The molecule has 2 aromatic carbocycles. The third-order valence-electron chi connectivity index (χ3n) is 6.95. The van der Waals surface area contributed by atoms with Gasteiger partial charge in [-0.1, -0.05) is 35.4 Å². The standard InChI is InChI=1S/C26H28Cl2Si.Ti/c1-13-9-15(3)23-17(5)19(7)25(27,21(23)11-13)29-26(28)20(8)18(6)24-16(4)10-14(2)12-22(24)26;/h9-12H,1-8H3;. The van der Waals surface area contributed by atoms with E-state index in [1.54, 1.807) is 0 Å². The zero-order chi connectivity index (χ0) is 21.5. The maximum atomic E-state index is 7.57. The van der Waals surface area contributed by atoms with Crippen LogP contribution in [0.25, 0.3) is 11.1 Å². The molecular formula is C26H28Cl2SiTi. The Hall–Kier alpha value is -0.569. The van der Waals surface area contributed by atoms with E-state index in [9.17, 15) is 0 Å². The van der Waals surface area contributed by atoms with Gasteiger partial charge in [-0.25, -0.2) is 0 Å². The van der Waals surface area contributed by atoms with Crippen LogP contribution in [0, 0.1) is 27.7 Å². The van der Waals surface area contributed by atoms with E-state index in [2.05, 4.69) is 79.7 Å². The molecule has 4 heteroatoms. The van der Waals surface area contributed by atoms with Crippen molar-refractivity contribution in [2.75, 3.05) is 0 Å². The van der Waals surface area contributed by atoms with Crippen LogP contribution in [0.5, 0.6) is 0 Å². The first-order valence-corrected chi connectivity index (χ1v) is 11.9. The van der Waals surface area contributed by atoms with Gasteiger partial charge in [0.2, 0.25) is 0 Å². The minimum Gasteiger partial charge on any atom is -0.114 e. The molecule has 0 aliphatic heterocycles. The third kappa shape index (κ3) is 3.20. The summed E-state index contributed by atoms with van der Waals surface area (Å²) < 4.78 is -1.14. The monoisotopic (exact) mass is 486 g/mol. The zero-order valence-corrected chi connectivity index (χ0v) is 23.1. The predicted molar refractivity (Wildman–Crippen MR) is 129 cm³/mol. The molecule has 2 unspecified atom stereocenters. The van der Waals surface area contributed by atoms with Crippen molar-refractivity contribution >= 4 is 43.9 Å². The second-order valence-electron chi connectivity index (χ2n) is 8.95. The second-order valence-corrected chi connectivity index (χ2v) is 12.5. The summed E-state index contributed by atoms with van der Waals surface area (Å²) in [6, 6.07) is 9.05. The summed E-state index contributed by atoms with van der Waals surface area (Å²) in [6.07, 6.45) is 0. The Balaban J connectivity index is 0.00000256. The molecule has 0 saturated carbocycles. The van der Waals surface area contributed by atoms with Crippen molar-refractivity contribution in [3.8, 4) is 0 Å². The predicted octanol–water partition coefficient (Wildman–Crippen LogP) is 7.72. The summed E-state index contributed by atoms with van der Waals surface area (Å²) >= 11 is 15.1. The normalized spacial score (nSPS) is 24.9. The van der Waals surface area contributed by atoms with E-state index in [0.29, 0.717) is 9.52 Å². The summed E-state index contributed by atoms with van der Waals surface area (Å²) in [5, 5.41) is 0. The van der Waals surface area contributed by atoms with Gasteiger partial charge in [0, 0.05) is 21.7 Å². The van der Waals surface area contributed by atoms with Crippen LogP contribution >= 0.6 is 23.2 Å². The molecule has 0 saturated heterocycles. The van der Waals surface area contributed by atoms with Gasteiger partial charge >= 0.3 is 0 Å². The van der Waals surface area contributed by atoms with E-state index in [1.165, 1.54) is 66.8 Å². The van der Waals surface area contributed by atoms with Crippen molar-refractivity contribution in [1.82, 2.24) is 0 Å². The average molecular weight is 487 g/mol. The van der Waals surface area contributed by atoms with Crippen molar-refractivity contribution in [2.24, 2.45) is 0 Å². The summed E-state index contributed by atoms with van der Waals surface area (Å²) in [6.45, 7) is 17.5. The van der Waals surface area contributed by atoms with Gasteiger partial charge in [0.1, 0.15) is 9.52 Å². The van der Waals surface area contributed by atoms with Crippen LogP contribution in [0.3, 0.4) is 0 Å². The van der Waals surface area contributed by atoms with Crippen LogP contribution in [0.1, 0.15) is 72.2 Å². The average Bonchev–Trinajstić information content (AvgIpc) is 2.92. The number of allylic oxidation sites excluding steroid dienone is 4. The molecule has 2 aliphatic carbocycles. The van der Waals surface area contributed by atoms with Crippen molar-refractivity contribution in [2.45, 2.75) is 64.4 Å². The van der Waals surface area contributed by atoms with Crippen LogP contribution in [0.2, 0.25) is 0 Å². The SMILES string of the molecule is CC1=C(C)C(Cl)([Si]C2(Cl)C(C)=C(C)c3c(C)cc(C)cc32)c2cc(C)cc(C)c21.[Ti]. The molecule has 2 atom stereocenters. The van der Waals surface area contributed by atoms with Crippen molar-refractivity contribution in [1.29, 1.82) is 0 Å². The topological polar surface area (TPSA) is 0 Å². The molecule has 2 aliphatic rings. The van der Waals surface area contributed by atoms with Crippen molar-refractivity contribution < 1.29 is 21.7 Å². The molecule has 0 aromatic heterocycles. The molecule has 0 fully saturated rings. The molecule has 0 bridgehead atoms. The molecule has 0 amide bonds. The minimum atomic E-state index is -0.571. The van der Waals surface area contributed by atoms with Gasteiger partial charge in [-0.2, -0.15) is 0 Å². The molecule has 154 valence electrons. The molecular weight excluding hydrogens is 459 g/mol. The number of hydrogen-bond acceptors (Lipinski definition) is 0. The Morgan fingerprint density at radius 2 is 0.933 bits per heavy atom. The molecule has 0 nitrogen and oxygen atoms in total. The van der Waals surface area contributed by atoms with Crippen molar-refractivity contribution in [3.63, 3.8) is 0 Å². The largest absolute Gasteiger partial charge is 0.118 e. The van der Waals surface area contributed by atoms with Crippen LogP contribution in [-0.2, 0) is 30.7 Å². The Bertz CT molecular complexity index is 1050. The summed E-state index contributed by atoms with van der Waals surface area (Å²) in [5.41, 5.74) is 15.3. The van der Waals surface area contributed by atoms with Gasteiger partial charge in [-0.05, 0) is 111 Å². The summed E-state index contributed by atoms with van der Waals surface area (Å²) in [4.78, 5) is 0. The van der Waals surface area contributed by atoms with Gasteiger partial charge < -0.3 is 0 Å². The van der Waals surface area contributed by atoms with Crippen LogP contribution in [0.4, 0.5) is 0 Å². The smallest absolute Gasteiger partial charge is 0.114 e. The van der Waals surface area contributed by atoms with Crippen LogP contribution in [-0.4, -0.2) is 9.52 Å². The fraction of sp³-hybridized carbons (Fsp3) is 0.385. The van der Waals surface area contributed by atoms with Gasteiger partial charge in [-0.15, -0.1) is 23.2 Å². The molecule has 0 heterocycles. The maximum absolute atomic E-state index is 7.57. The number of aryl methyl sites for hydroxylation is 4. The van der Waals surface area contributed by atoms with E-state index in [4.69, 9.17) is 23.2 Å². The van der Waals surface area contributed by atoms with E-state index < -0.39 is 8.99 Å². The van der Waals surface area contributed by atoms with E-state index in [1.807, 2.05) is 0 Å². The van der Waals surface area contributed by atoms with Crippen LogP contribution < -0.4 is 0 Å². The Morgan fingerprint density at radius 1 is 0.600 bits per heavy atom. The number of alkyl halides is 2. The van der Waals surface area contributed by atoms with Crippen molar-refractivity contribution in [3.05, 3.63) is 79.9 Å². The van der Waals surface area contributed by atoms with E-state index in [-0.39, 0.29) is 21.7 Å². The van der Waals surface area contributed by atoms with Gasteiger partial charge in [0.05, 0.1) is 8.99 Å². The number of benzene rings is 2. The number of hydrogen-bond donors (Lipinski definition) is 0. The first-order valence-electron chi connectivity index (χ1n) is 10.2.